The molecule has 6 heteroatoms. The standard InChI is InChI=1S/C16H33N3O2.HI/c1-12(2)8-6-9-14(5)19-16(17)18-11-7-10-15(20)21-13(3)4;/h12-14H,6-11H2,1-5H3,(H3,17,18,19);1H. The van der Waals surface area contributed by atoms with E-state index in [1.165, 1.54) is 12.8 Å². The predicted molar refractivity (Wildman–Crippen MR) is 104 cm³/mol. The van der Waals surface area contributed by atoms with Gasteiger partial charge in [-0.1, -0.05) is 26.7 Å². The van der Waals surface area contributed by atoms with E-state index in [1.807, 2.05) is 13.8 Å². The fourth-order valence-corrected chi connectivity index (χ4v) is 1.95. The third kappa shape index (κ3) is 15.9. The van der Waals surface area contributed by atoms with Crippen molar-refractivity contribution in [2.75, 3.05) is 6.54 Å². The lowest BCUT2D eigenvalue weighted by Crippen LogP contribution is -2.38. The van der Waals surface area contributed by atoms with Gasteiger partial charge in [-0.05, 0) is 39.5 Å². The fourth-order valence-electron chi connectivity index (χ4n) is 1.95. The summed E-state index contributed by atoms with van der Waals surface area (Å²) in [5.41, 5.74) is 5.83. The molecule has 132 valence electrons. The largest absolute Gasteiger partial charge is 0.463 e. The number of nitrogens with one attached hydrogen (secondary N) is 1. The van der Waals surface area contributed by atoms with Gasteiger partial charge in [-0.3, -0.25) is 9.79 Å². The Morgan fingerprint density at radius 3 is 2.32 bits per heavy atom. The number of ether oxygens (including phenoxy) is 1. The van der Waals surface area contributed by atoms with Crippen LogP contribution in [-0.4, -0.2) is 30.6 Å². The zero-order chi connectivity index (χ0) is 16.3. The highest BCUT2D eigenvalue weighted by molar-refractivity contribution is 14.0. The summed E-state index contributed by atoms with van der Waals surface area (Å²) in [7, 11) is 0. The Labute approximate surface area is 152 Å². The molecule has 0 aliphatic heterocycles. The highest BCUT2D eigenvalue weighted by atomic mass is 127. The second-order valence-corrected chi connectivity index (χ2v) is 6.28. The van der Waals surface area contributed by atoms with Crippen LogP contribution >= 0.6 is 24.0 Å². The van der Waals surface area contributed by atoms with E-state index in [4.69, 9.17) is 10.5 Å². The van der Waals surface area contributed by atoms with Crippen LogP contribution < -0.4 is 11.1 Å². The van der Waals surface area contributed by atoms with Crippen LogP contribution in [0, 0.1) is 5.92 Å². The number of hydrogen-bond donors (Lipinski definition) is 2. The summed E-state index contributed by atoms with van der Waals surface area (Å²) >= 11 is 0. The number of guanidine groups is 1. The summed E-state index contributed by atoms with van der Waals surface area (Å²) in [6.07, 6.45) is 4.52. The highest BCUT2D eigenvalue weighted by Gasteiger charge is 2.05. The van der Waals surface area contributed by atoms with E-state index >= 15 is 0 Å². The molecular formula is C16H34IN3O2. The van der Waals surface area contributed by atoms with E-state index < -0.39 is 0 Å². The van der Waals surface area contributed by atoms with Crippen molar-refractivity contribution in [1.29, 1.82) is 0 Å². The molecule has 0 heterocycles. The predicted octanol–water partition coefficient (Wildman–Crippen LogP) is 3.46. The first-order valence-electron chi connectivity index (χ1n) is 8.07. The lowest BCUT2D eigenvalue weighted by Gasteiger charge is -2.15. The van der Waals surface area contributed by atoms with E-state index in [-0.39, 0.29) is 36.0 Å². The number of carbonyl (C=O) groups is 1. The number of nitrogens with zero attached hydrogens (tertiary/aromatic N) is 1. The Bertz CT molecular complexity index is 321. The lowest BCUT2D eigenvalue weighted by molar-refractivity contribution is -0.147. The maximum atomic E-state index is 11.3. The van der Waals surface area contributed by atoms with E-state index in [1.54, 1.807) is 0 Å². The molecule has 0 aromatic heterocycles. The third-order valence-corrected chi connectivity index (χ3v) is 3.00. The number of halogens is 1. The monoisotopic (exact) mass is 427 g/mol. The van der Waals surface area contributed by atoms with Crippen molar-refractivity contribution in [3.05, 3.63) is 0 Å². The van der Waals surface area contributed by atoms with Crippen LogP contribution in [0.2, 0.25) is 0 Å². The van der Waals surface area contributed by atoms with Crippen LogP contribution in [0.3, 0.4) is 0 Å². The SMILES string of the molecule is CC(C)CCCC(C)NC(N)=NCCCC(=O)OC(C)C.I. The summed E-state index contributed by atoms with van der Waals surface area (Å²) < 4.78 is 5.05. The molecule has 0 saturated carbocycles. The summed E-state index contributed by atoms with van der Waals surface area (Å²) in [5.74, 6) is 1.03. The van der Waals surface area contributed by atoms with Gasteiger partial charge in [0.1, 0.15) is 0 Å². The molecule has 0 amide bonds. The maximum Gasteiger partial charge on any atom is 0.306 e. The smallest absolute Gasteiger partial charge is 0.306 e. The first kappa shape index (κ1) is 23.7. The van der Waals surface area contributed by atoms with Crippen LogP contribution in [0.4, 0.5) is 0 Å². The van der Waals surface area contributed by atoms with Gasteiger partial charge in [0.05, 0.1) is 6.10 Å². The molecule has 0 radical (unpaired) electrons. The Balaban J connectivity index is 0. The molecule has 0 aliphatic carbocycles. The molecule has 3 N–H and O–H groups in total. The van der Waals surface area contributed by atoms with Crippen molar-refractivity contribution >= 4 is 35.9 Å². The molecule has 0 spiro atoms. The summed E-state index contributed by atoms with van der Waals surface area (Å²) in [6, 6.07) is 0.332. The molecule has 0 aromatic rings. The molecule has 0 rings (SSSR count). The Hall–Kier alpha value is -0.530. The first-order valence-corrected chi connectivity index (χ1v) is 8.07. The van der Waals surface area contributed by atoms with Gasteiger partial charge in [0.15, 0.2) is 5.96 Å². The third-order valence-electron chi connectivity index (χ3n) is 3.00. The van der Waals surface area contributed by atoms with Gasteiger partial charge in [0, 0.05) is 19.0 Å². The molecule has 0 fully saturated rings. The van der Waals surface area contributed by atoms with E-state index in [0.29, 0.717) is 31.4 Å². The highest BCUT2D eigenvalue weighted by Crippen LogP contribution is 2.08. The maximum absolute atomic E-state index is 11.3. The van der Waals surface area contributed by atoms with Gasteiger partial charge in [0.25, 0.3) is 0 Å². The van der Waals surface area contributed by atoms with Gasteiger partial charge in [-0.25, -0.2) is 0 Å². The average molecular weight is 427 g/mol. The van der Waals surface area contributed by atoms with E-state index in [9.17, 15) is 4.79 Å². The van der Waals surface area contributed by atoms with Crippen LogP contribution in [0.1, 0.15) is 66.7 Å². The van der Waals surface area contributed by atoms with Gasteiger partial charge in [-0.15, -0.1) is 24.0 Å². The van der Waals surface area contributed by atoms with Crippen molar-refractivity contribution in [1.82, 2.24) is 5.32 Å². The van der Waals surface area contributed by atoms with Crippen molar-refractivity contribution in [2.45, 2.75) is 78.9 Å². The molecule has 1 atom stereocenters. The molecule has 5 nitrogen and oxygen atoms in total. The van der Waals surface area contributed by atoms with Gasteiger partial charge >= 0.3 is 5.97 Å². The van der Waals surface area contributed by atoms with Gasteiger partial charge in [0.2, 0.25) is 0 Å². The summed E-state index contributed by atoms with van der Waals surface area (Å²) in [5, 5.41) is 3.19. The number of esters is 1. The molecule has 1 unspecified atom stereocenters. The van der Waals surface area contributed by atoms with Crippen LogP contribution in [-0.2, 0) is 9.53 Å². The zero-order valence-corrected chi connectivity index (χ0v) is 17.1. The number of carbonyl (C=O) groups excluding carboxylic acids is 1. The second kappa shape index (κ2) is 14.1. The topological polar surface area (TPSA) is 76.7 Å². The van der Waals surface area contributed by atoms with E-state index in [0.717, 1.165) is 12.3 Å². The van der Waals surface area contributed by atoms with Crippen molar-refractivity contribution in [3.8, 4) is 0 Å². The molecule has 22 heavy (non-hydrogen) atoms. The normalized spacial score (nSPS) is 13.0. The summed E-state index contributed by atoms with van der Waals surface area (Å²) in [4.78, 5) is 15.6. The van der Waals surface area contributed by atoms with Crippen LogP contribution in [0.15, 0.2) is 4.99 Å². The average Bonchev–Trinajstić information content (AvgIpc) is 2.33. The van der Waals surface area contributed by atoms with Crippen molar-refractivity contribution < 1.29 is 9.53 Å². The molecule has 0 aliphatic rings. The minimum Gasteiger partial charge on any atom is -0.463 e. The molecule has 0 saturated heterocycles. The second-order valence-electron chi connectivity index (χ2n) is 6.28. The molecule has 0 bridgehead atoms. The van der Waals surface area contributed by atoms with Crippen LogP contribution in [0.5, 0.6) is 0 Å². The minimum absolute atomic E-state index is 0. The summed E-state index contributed by atoms with van der Waals surface area (Å²) in [6.45, 7) is 10.8. The first-order chi connectivity index (χ1) is 9.81. The Morgan fingerprint density at radius 1 is 1.14 bits per heavy atom. The zero-order valence-electron chi connectivity index (χ0n) is 14.7. The van der Waals surface area contributed by atoms with Gasteiger partial charge < -0.3 is 15.8 Å². The number of hydrogen-bond acceptors (Lipinski definition) is 3. The molecule has 0 aromatic carbocycles. The molecular weight excluding hydrogens is 393 g/mol. The minimum atomic E-state index is -0.172. The number of rotatable bonds is 10. The quantitative estimate of drug-likeness (QED) is 0.184. The number of nitrogens with two attached hydrogens (primary N) is 1. The fraction of sp³-hybridized carbons (Fsp3) is 0.875. The Morgan fingerprint density at radius 2 is 1.77 bits per heavy atom. The van der Waals surface area contributed by atoms with Gasteiger partial charge in [-0.2, -0.15) is 0 Å². The number of aliphatic imine (C=N–C) groups is 1. The lowest BCUT2D eigenvalue weighted by atomic mass is 10.0. The van der Waals surface area contributed by atoms with Crippen molar-refractivity contribution in [3.63, 3.8) is 0 Å². The van der Waals surface area contributed by atoms with E-state index in [2.05, 4.69) is 31.1 Å². The van der Waals surface area contributed by atoms with Crippen molar-refractivity contribution in [2.24, 2.45) is 16.6 Å². The Kier molecular flexibility index (Phi) is 15.2. The van der Waals surface area contributed by atoms with Crippen LogP contribution in [0.25, 0.3) is 0 Å².